The van der Waals surface area contributed by atoms with Gasteiger partial charge in [-0.2, -0.15) is 4.31 Å². The summed E-state index contributed by atoms with van der Waals surface area (Å²) in [6.45, 7) is 12.1. The van der Waals surface area contributed by atoms with Gasteiger partial charge in [-0.1, -0.05) is 34.3 Å². The van der Waals surface area contributed by atoms with Gasteiger partial charge in [0.1, 0.15) is 0 Å². The maximum atomic E-state index is 13.3. The molecule has 27 heavy (non-hydrogen) atoms. The Kier molecular flexibility index (Phi) is 4.95. The van der Waals surface area contributed by atoms with Gasteiger partial charge in [-0.05, 0) is 35.1 Å². The third kappa shape index (κ3) is 3.66. The van der Waals surface area contributed by atoms with Gasteiger partial charge in [0.25, 0.3) is 0 Å². The third-order valence-electron chi connectivity index (χ3n) is 5.14. The highest BCUT2D eigenvalue weighted by Gasteiger charge is 2.50. The fourth-order valence-electron chi connectivity index (χ4n) is 4.11. The molecule has 0 spiro atoms. The summed E-state index contributed by atoms with van der Waals surface area (Å²) in [4.78, 5) is 16.4. The Balaban J connectivity index is 1.95. The molecular weight excluding hydrogens is 382 g/mol. The SMILES string of the molecule is C=CC(=O)NC1C(C)(C)CN(S(=O)(=O)c2ccc3ncsc3c2)CC1(C)C. The Hall–Kier alpha value is -1.77. The molecule has 0 radical (unpaired) electrons. The molecule has 6 nitrogen and oxygen atoms in total. The minimum absolute atomic E-state index is 0.175. The molecule has 0 aliphatic carbocycles. The molecule has 1 aliphatic heterocycles. The van der Waals surface area contributed by atoms with E-state index in [4.69, 9.17) is 0 Å². The van der Waals surface area contributed by atoms with Crippen LogP contribution in [0.2, 0.25) is 0 Å². The van der Waals surface area contributed by atoms with E-state index in [1.807, 2.05) is 27.7 Å². The third-order valence-corrected chi connectivity index (χ3v) is 7.72. The van der Waals surface area contributed by atoms with E-state index < -0.39 is 20.9 Å². The topological polar surface area (TPSA) is 79.4 Å². The fourth-order valence-corrected chi connectivity index (χ4v) is 6.71. The molecule has 8 heteroatoms. The first-order valence-corrected chi connectivity index (χ1v) is 11.1. The van der Waals surface area contributed by atoms with Crippen molar-refractivity contribution < 1.29 is 13.2 Å². The van der Waals surface area contributed by atoms with Crippen LogP contribution in [-0.4, -0.2) is 42.7 Å². The van der Waals surface area contributed by atoms with Crippen molar-refractivity contribution in [2.45, 2.75) is 38.6 Å². The molecule has 3 rings (SSSR count). The normalized spacial score (nSPS) is 20.4. The highest BCUT2D eigenvalue weighted by Crippen LogP contribution is 2.42. The van der Waals surface area contributed by atoms with Crippen LogP contribution in [0.1, 0.15) is 27.7 Å². The molecule has 0 unspecified atom stereocenters. The number of nitrogens with one attached hydrogen (secondary N) is 1. The van der Waals surface area contributed by atoms with Gasteiger partial charge >= 0.3 is 0 Å². The van der Waals surface area contributed by atoms with E-state index in [1.54, 1.807) is 23.7 Å². The van der Waals surface area contributed by atoms with Crippen molar-refractivity contribution >= 4 is 37.5 Å². The molecule has 1 N–H and O–H groups in total. The van der Waals surface area contributed by atoms with Gasteiger partial charge in [0.2, 0.25) is 15.9 Å². The van der Waals surface area contributed by atoms with E-state index >= 15 is 0 Å². The lowest BCUT2D eigenvalue weighted by atomic mass is 9.67. The van der Waals surface area contributed by atoms with Crippen molar-refractivity contribution in [1.29, 1.82) is 0 Å². The predicted octanol–water partition coefficient (Wildman–Crippen LogP) is 3.02. The van der Waals surface area contributed by atoms with Gasteiger partial charge in [0.15, 0.2) is 0 Å². The van der Waals surface area contributed by atoms with Crippen molar-refractivity contribution in [1.82, 2.24) is 14.6 Å². The Bertz CT molecular complexity index is 975. The van der Waals surface area contributed by atoms with Crippen LogP contribution in [0.15, 0.2) is 41.3 Å². The van der Waals surface area contributed by atoms with Gasteiger partial charge in [0.05, 0.1) is 20.6 Å². The number of carbonyl (C=O) groups excluding carboxylic acids is 1. The Labute approximate surface area is 164 Å². The van der Waals surface area contributed by atoms with Crippen molar-refractivity contribution in [3.63, 3.8) is 0 Å². The quantitative estimate of drug-likeness (QED) is 0.790. The first-order valence-electron chi connectivity index (χ1n) is 8.74. The van der Waals surface area contributed by atoms with Crippen LogP contribution in [0.4, 0.5) is 0 Å². The Morgan fingerprint density at radius 1 is 1.30 bits per heavy atom. The van der Waals surface area contributed by atoms with Gasteiger partial charge in [0, 0.05) is 19.1 Å². The van der Waals surface area contributed by atoms with E-state index in [2.05, 4.69) is 16.9 Å². The molecule has 1 fully saturated rings. The Morgan fingerprint density at radius 2 is 1.93 bits per heavy atom. The summed E-state index contributed by atoms with van der Waals surface area (Å²) in [5.41, 5.74) is 1.62. The number of benzene rings is 1. The van der Waals surface area contributed by atoms with E-state index in [9.17, 15) is 13.2 Å². The number of hydrogen-bond donors (Lipinski definition) is 1. The number of thiazole rings is 1. The number of fused-ring (bicyclic) bond motifs is 1. The molecule has 0 bridgehead atoms. The number of piperidine rings is 1. The zero-order valence-corrected chi connectivity index (χ0v) is 17.7. The average molecular weight is 408 g/mol. The van der Waals surface area contributed by atoms with Crippen LogP contribution in [0.25, 0.3) is 10.2 Å². The van der Waals surface area contributed by atoms with Crippen molar-refractivity contribution in [3.05, 3.63) is 36.4 Å². The number of sulfonamides is 1. The van der Waals surface area contributed by atoms with Crippen molar-refractivity contribution in [2.24, 2.45) is 10.8 Å². The van der Waals surface area contributed by atoms with Crippen molar-refractivity contribution in [2.75, 3.05) is 13.1 Å². The second-order valence-electron chi connectivity index (χ2n) is 8.38. The number of carbonyl (C=O) groups is 1. The second kappa shape index (κ2) is 6.68. The molecule has 1 saturated heterocycles. The summed E-state index contributed by atoms with van der Waals surface area (Å²) < 4.78 is 29.0. The number of nitrogens with zero attached hydrogens (tertiary/aromatic N) is 2. The molecule has 146 valence electrons. The van der Waals surface area contributed by atoms with Gasteiger partial charge in [-0.15, -0.1) is 11.3 Å². The highest BCUT2D eigenvalue weighted by atomic mass is 32.2. The van der Waals surface area contributed by atoms with E-state index in [0.29, 0.717) is 13.1 Å². The van der Waals surface area contributed by atoms with E-state index in [-0.39, 0.29) is 16.8 Å². The maximum Gasteiger partial charge on any atom is 0.243 e. The second-order valence-corrected chi connectivity index (χ2v) is 11.2. The maximum absolute atomic E-state index is 13.3. The van der Waals surface area contributed by atoms with Crippen LogP contribution in [0.5, 0.6) is 0 Å². The number of amides is 1. The molecule has 1 aromatic heterocycles. The smallest absolute Gasteiger partial charge is 0.243 e. The van der Waals surface area contributed by atoms with Crippen LogP contribution in [-0.2, 0) is 14.8 Å². The number of hydrogen-bond acceptors (Lipinski definition) is 5. The summed E-state index contributed by atoms with van der Waals surface area (Å²) >= 11 is 1.42. The summed E-state index contributed by atoms with van der Waals surface area (Å²) in [6.07, 6.45) is 1.25. The highest BCUT2D eigenvalue weighted by molar-refractivity contribution is 7.89. The van der Waals surface area contributed by atoms with Crippen LogP contribution >= 0.6 is 11.3 Å². The largest absolute Gasteiger partial charge is 0.349 e. The molecule has 1 aromatic carbocycles. The lowest BCUT2D eigenvalue weighted by Gasteiger charge is -2.52. The average Bonchev–Trinajstić information content (AvgIpc) is 3.04. The van der Waals surface area contributed by atoms with Gasteiger partial charge in [-0.25, -0.2) is 13.4 Å². The minimum atomic E-state index is -3.65. The monoisotopic (exact) mass is 407 g/mol. The number of rotatable bonds is 4. The summed E-state index contributed by atoms with van der Waals surface area (Å²) in [5, 5.41) is 3.00. The van der Waals surface area contributed by atoms with Crippen LogP contribution < -0.4 is 5.32 Å². The summed E-state index contributed by atoms with van der Waals surface area (Å²) in [6, 6.07) is 4.87. The molecule has 0 atom stereocenters. The van der Waals surface area contributed by atoms with Gasteiger partial charge in [-0.3, -0.25) is 4.79 Å². The summed E-state index contributed by atoms with van der Waals surface area (Å²) in [5.74, 6) is -0.242. The molecular formula is C19H25N3O3S2. The number of aromatic nitrogens is 1. The van der Waals surface area contributed by atoms with E-state index in [1.165, 1.54) is 21.7 Å². The standard InChI is InChI=1S/C19H25N3O3S2/c1-6-16(23)21-17-18(2,3)10-22(11-19(17,4)5)27(24,25)13-7-8-14-15(9-13)26-12-20-14/h6-9,12,17H,1,10-11H2,2-5H3,(H,21,23). The lowest BCUT2D eigenvalue weighted by molar-refractivity contribution is -0.120. The zero-order chi connectivity index (χ0) is 20.0. The lowest BCUT2D eigenvalue weighted by Crippen LogP contribution is -2.64. The zero-order valence-electron chi connectivity index (χ0n) is 16.0. The molecule has 2 heterocycles. The molecule has 1 amide bonds. The predicted molar refractivity (Wildman–Crippen MR) is 108 cm³/mol. The molecule has 0 saturated carbocycles. The Morgan fingerprint density at radius 3 is 2.52 bits per heavy atom. The van der Waals surface area contributed by atoms with E-state index in [0.717, 1.165) is 10.2 Å². The first kappa shape index (κ1) is 20.0. The van der Waals surface area contributed by atoms with Crippen LogP contribution in [0.3, 0.4) is 0 Å². The minimum Gasteiger partial charge on any atom is -0.349 e. The molecule has 1 aliphatic rings. The van der Waals surface area contributed by atoms with Crippen LogP contribution in [0, 0.1) is 10.8 Å². The molecule has 2 aromatic rings. The first-order chi connectivity index (χ1) is 12.5. The van der Waals surface area contributed by atoms with Gasteiger partial charge < -0.3 is 5.32 Å². The van der Waals surface area contributed by atoms with Crippen molar-refractivity contribution in [3.8, 4) is 0 Å². The fraction of sp³-hybridized carbons (Fsp3) is 0.474. The summed E-state index contributed by atoms with van der Waals surface area (Å²) in [7, 11) is -3.65.